The molecule has 32 heavy (non-hydrogen) atoms. The number of hydrogen-bond donors (Lipinski definition) is 2. The first kappa shape index (κ1) is 21.7. The van der Waals surface area contributed by atoms with Gasteiger partial charge in [0, 0.05) is 43.4 Å². The van der Waals surface area contributed by atoms with Crippen molar-refractivity contribution in [3.05, 3.63) is 66.6 Å². The second-order valence-corrected chi connectivity index (χ2v) is 7.82. The molecule has 1 unspecified atom stereocenters. The highest BCUT2D eigenvalue weighted by Gasteiger charge is 2.26. The summed E-state index contributed by atoms with van der Waals surface area (Å²) < 4.78 is 13.1. The standard InChI is InChI=1S/C24H26FN5O2/c1-17(29-12-14-30(15-13-29)20-9-7-19(25)8-10-20)24(32)27-16-22(31)28-21-6-2-4-18-5-3-11-26-23(18)21/h2-11,17H,12-16H2,1H3,(H,27,32)(H,28,31). The van der Waals surface area contributed by atoms with Crippen LogP contribution in [0.3, 0.4) is 0 Å². The van der Waals surface area contributed by atoms with E-state index in [1.165, 1.54) is 12.1 Å². The molecule has 0 radical (unpaired) electrons. The first-order valence-corrected chi connectivity index (χ1v) is 10.7. The third-order valence-corrected chi connectivity index (χ3v) is 5.76. The number of aromatic nitrogens is 1. The largest absolute Gasteiger partial charge is 0.369 e. The molecular formula is C24H26FN5O2. The average molecular weight is 436 g/mol. The van der Waals surface area contributed by atoms with Crippen molar-refractivity contribution in [2.45, 2.75) is 13.0 Å². The molecule has 8 heteroatoms. The highest BCUT2D eigenvalue weighted by Crippen LogP contribution is 2.20. The van der Waals surface area contributed by atoms with Crippen LogP contribution in [0.1, 0.15) is 6.92 Å². The van der Waals surface area contributed by atoms with Gasteiger partial charge in [-0.25, -0.2) is 4.39 Å². The number of benzene rings is 2. The van der Waals surface area contributed by atoms with Gasteiger partial charge in [-0.05, 0) is 43.3 Å². The fourth-order valence-corrected chi connectivity index (χ4v) is 3.90. The number of rotatable bonds is 6. The molecule has 1 atom stereocenters. The molecule has 1 fully saturated rings. The third kappa shape index (κ3) is 5.03. The predicted molar refractivity (Wildman–Crippen MR) is 123 cm³/mol. The van der Waals surface area contributed by atoms with E-state index >= 15 is 0 Å². The topological polar surface area (TPSA) is 77.6 Å². The molecular weight excluding hydrogens is 409 g/mol. The number of hydrogen-bond acceptors (Lipinski definition) is 5. The van der Waals surface area contributed by atoms with Crippen molar-refractivity contribution in [3.8, 4) is 0 Å². The Kier molecular flexibility index (Phi) is 6.61. The number of nitrogens with one attached hydrogen (secondary N) is 2. The third-order valence-electron chi connectivity index (χ3n) is 5.76. The van der Waals surface area contributed by atoms with Crippen LogP contribution in [0.2, 0.25) is 0 Å². The van der Waals surface area contributed by atoms with E-state index in [2.05, 4.69) is 25.4 Å². The van der Waals surface area contributed by atoms with Crippen LogP contribution in [-0.4, -0.2) is 60.5 Å². The Balaban J connectivity index is 1.26. The molecule has 3 aromatic rings. The second kappa shape index (κ2) is 9.74. The summed E-state index contributed by atoms with van der Waals surface area (Å²) in [6.45, 7) is 4.65. The maximum atomic E-state index is 13.1. The predicted octanol–water partition coefficient (Wildman–Crippen LogP) is 2.64. The van der Waals surface area contributed by atoms with Crippen LogP contribution in [0, 0.1) is 5.82 Å². The number of piperazine rings is 1. The summed E-state index contributed by atoms with van der Waals surface area (Å²) in [6.07, 6.45) is 1.68. The SMILES string of the molecule is CC(C(=O)NCC(=O)Nc1cccc2cccnc12)N1CCN(c2ccc(F)cc2)CC1. The maximum Gasteiger partial charge on any atom is 0.243 e. The number of halogens is 1. The molecule has 4 rings (SSSR count). The number of anilines is 2. The molecule has 166 valence electrons. The lowest BCUT2D eigenvalue weighted by Crippen LogP contribution is -2.54. The molecule has 0 bridgehead atoms. The van der Waals surface area contributed by atoms with Gasteiger partial charge in [-0.2, -0.15) is 0 Å². The minimum atomic E-state index is -0.350. The Bertz CT molecular complexity index is 1090. The minimum absolute atomic E-state index is 0.109. The highest BCUT2D eigenvalue weighted by molar-refractivity contribution is 6.01. The van der Waals surface area contributed by atoms with Crippen LogP contribution < -0.4 is 15.5 Å². The van der Waals surface area contributed by atoms with Crippen molar-refractivity contribution < 1.29 is 14.0 Å². The van der Waals surface area contributed by atoms with Crippen LogP contribution in [0.15, 0.2) is 60.8 Å². The first-order valence-electron chi connectivity index (χ1n) is 10.7. The van der Waals surface area contributed by atoms with Gasteiger partial charge in [0.15, 0.2) is 0 Å². The number of carbonyl (C=O) groups is 2. The van der Waals surface area contributed by atoms with Gasteiger partial charge in [0.05, 0.1) is 23.8 Å². The molecule has 2 heterocycles. The number of para-hydroxylation sites is 1. The van der Waals surface area contributed by atoms with E-state index < -0.39 is 0 Å². The van der Waals surface area contributed by atoms with Crippen LogP contribution in [0.25, 0.3) is 10.9 Å². The van der Waals surface area contributed by atoms with Crippen molar-refractivity contribution in [3.63, 3.8) is 0 Å². The molecule has 0 aliphatic carbocycles. The maximum absolute atomic E-state index is 13.1. The molecule has 0 saturated carbocycles. The van der Waals surface area contributed by atoms with E-state index in [4.69, 9.17) is 0 Å². The monoisotopic (exact) mass is 435 g/mol. The molecule has 2 aromatic carbocycles. The van der Waals surface area contributed by atoms with Gasteiger partial charge < -0.3 is 15.5 Å². The van der Waals surface area contributed by atoms with Crippen molar-refractivity contribution in [1.82, 2.24) is 15.2 Å². The number of fused-ring (bicyclic) bond motifs is 1. The van der Waals surface area contributed by atoms with Crippen LogP contribution in [0.4, 0.5) is 15.8 Å². The van der Waals surface area contributed by atoms with Gasteiger partial charge in [0.25, 0.3) is 0 Å². The molecule has 2 N–H and O–H groups in total. The van der Waals surface area contributed by atoms with Gasteiger partial charge in [0.1, 0.15) is 5.82 Å². The normalized spacial score (nSPS) is 15.4. The van der Waals surface area contributed by atoms with E-state index in [-0.39, 0.29) is 30.2 Å². The highest BCUT2D eigenvalue weighted by atomic mass is 19.1. The summed E-state index contributed by atoms with van der Waals surface area (Å²) in [5.74, 6) is -0.741. The summed E-state index contributed by atoms with van der Waals surface area (Å²) >= 11 is 0. The van der Waals surface area contributed by atoms with Crippen LogP contribution in [-0.2, 0) is 9.59 Å². The van der Waals surface area contributed by atoms with E-state index in [1.807, 2.05) is 31.2 Å². The van der Waals surface area contributed by atoms with Gasteiger partial charge in [-0.3, -0.25) is 19.5 Å². The Hall–Kier alpha value is -3.52. The average Bonchev–Trinajstić information content (AvgIpc) is 2.83. The lowest BCUT2D eigenvalue weighted by Gasteiger charge is -2.38. The van der Waals surface area contributed by atoms with Crippen molar-refractivity contribution in [2.24, 2.45) is 0 Å². The summed E-state index contributed by atoms with van der Waals surface area (Å²) in [5.41, 5.74) is 2.30. The second-order valence-electron chi connectivity index (χ2n) is 7.82. The number of pyridine rings is 1. The lowest BCUT2D eigenvalue weighted by atomic mass is 10.2. The Morgan fingerprint density at radius 3 is 2.50 bits per heavy atom. The summed E-state index contributed by atoms with van der Waals surface area (Å²) in [5, 5.41) is 6.49. The van der Waals surface area contributed by atoms with Crippen molar-refractivity contribution >= 4 is 34.1 Å². The number of carbonyl (C=O) groups excluding carboxylic acids is 2. The fourth-order valence-electron chi connectivity index (χ4n) is 3.90. The van der Waals surface area contributed by atoms with E-state index in [0.717, 1.165) is 24.2 Å². The summed E-state index contributed by atoms with van der Waals surface area (Å²) in [6, 6.07) is 15.4. The Labute approximate surface area is 186 Å². The molecule has 1 aromatic heterocycles. The summed E-state index contributed by atoms with van der Waals surface area (Å²) in [4.78, 5) is 33.6. The molecule has 1 aliphatic rings. The zero-order valence-electron chi connectivity index (χ0n) is 17.9. The van der Waals surface area contributed by atoms with Gasteiger partial charge in [0.2, 0.25) is 11.8 Å². The summed E-state index contributed by atoms with van der Waals surface area (Å²) in [7, 11) is 0. The zero-order valence-corrected chi connectivity index (χ0v) is 17.9. The molecule has 1 aliphatic heterocycles. The van der Waals surface area contributed by atoms with E-state index in [9.17, 15) is 14.0 Å². The molecule has 2 amide bonds. The molecule has 7 nitrogen and oxygen atoms in total. The fraction of sp³-hybridized carbons (Fsp3) is 0.292. The Morgan fingerprint density at radius 1 is 1.03 bits per heavy atom. The minimum Gasteiger partial charge on any atom is -0.369 e. The van der Waals surface area contributed by atoms with Gasteiger partial charge >= 0.3 is 0 Å². The first-order chi connectivity index (χ1) is 15.5. The van der Waals surface area contributed by atoms with Crippen LogP contribution in [0.5, 0.6) is 0 Å². The van der Waals surface area contributed by atoms with E-state index in [1.54, 1.807) is 24.4 Å². The number of nitrogens with zero attached hydrogens (tertiary/aromatic N) is 3. The van der Waals surface area contributed by atoms with E-state index in [0.29, 0.717) is 24.3 Å². The Morgan fingerprint density at radius 2 is 1.75 bits per heavy atom. The zero-order chi connectivity index (χ0) is 22.5. The number of amides is 2. The van der Waals surface area contributed by atoms with Gasteiger partial charge in [-0.1, -0.05) is 18.2 Å². The van der Waals surface area contributed by atoms with Crippen LogP contribution >= 0.6 is 0 Å². The van der Waals surface area contributed by atoms with Crippen molar-refractivity contribution in [1.29, 1.82) is 0 Å². The lowest BCUT2D eigenvalue weighted by molar-refractivity contribution is -0.128. The van der Waals surface area contributed by atoms with Gasteiger partial charge in [-0.15, -0.1) is 0 Å². The molecule has 1 saturated heterocycles. The van der Waals surface area contributed by atoms with Crippen molar-refractivity contribution in [2.75, 3.05) is 42.9 Å². The quantitative estimate of drug-likeness (QED) is 0.623. The molecule has 0 spiro atoms. The smallest absolute Gasteiger partial charge is 0.243 e.